The van der Waals surface area contributed by atoms with Crippen LogP contribution in [0.5, 0.6) is 0 Å². The number of benzene rings is 5. The van der Waals surface area contributed by atoms with Crippen LogP contribution in [0.1, 0.15) is 5.48 Å². The van der Waals surface area contributed by atoms with E-state index in [2.05, 4.69) is 0 Å². The first kappa shape index (κ1) is 12.6. The van der Waals surface area contributed by atoms with Gasteiger partial charge in [-0.1, -0.05) is 84.8 Å². The first-order chi connectivity index (χ1) is 16.1. The highest BCUT2D eigenvalue weighted by Crippen LogP contribution is 2.43. The van der Waals surface area contributed by atoms with Gasteiger partial charge in [0.15, 0.2) is 0 Å². The number of rotatable bonds is 2. The summed E-state index contributed by atoms with van der Waals surface area (Å²) in [6, 6.07) is 25.1. The Morgan fingerprint density at radius 3 is 1.97 bits per heavy atom. The van der Waals surface area contributed by atoms with Crippen molar-refractivity contribution in [2.24, 2.45) is 0 Å². The van der Waals surface area contributed by atoms with E-state index in [0.29, 0.717) is 10.8 Å². The quantitative estimate of drug-likeness (QED) is 0.279. The third-order valence-electron chi connectivity index (χ3n) is 5.46. The molecule has 0 bridgehead atoms. The second-order valence-electron chi connectivity index (χ2n) is 7.08. The summed E-state index contributed by atoms with van der Waals surface area (Å²) < 4.78 is 40.0. The van der Waals surface area contributed by atoms with Gasteiger partial charge in [-0.3, -0.25) is 0 Å². The van der Waals surface area contributed by atoms with Crippen molar-refractivity contribution in [1.29, 1.82) is 0 Å². The van der Waals surface area contributed by atoms with Crippen LogP contribution < -0.4 is 0 Å². The summed E-state index contributed by atoms with van der Waals surface area (Å²) in [5.41, 5.74) is 4.20. The normalized spacial score (nSPS) is 13.4. The van der Waals surface area contributed by atoms with Gasteiger partial charge in [-0.25, -0.2) is 0 Å². The first-order valence-electron chi connectivity index (χ1n) is 11.5. The zero-order valence-corrected chi connectivity index (χ0v) is 15.5. The summed E-state index contributed by atoms with van der Waals surface area (Å²) in [6.45, 7) is 0. The minimum absolute atomic E-state index is 0.0266. The lowest BCUT2D eigenvalue weighted by atomic mass is 9.86. The zero-order valence-electron chi connectivity index (χ0n) is 19.5. The smallest absolute Gasteiger partial charge is 0.133 e. The van der Waals surface area contributed by atoms with Crippen LogP contribution in [0.2, 0.25) is 0 Å². The summed E-state index contributed by atoms with van der Waals surface area (Å²) in [6.07, 6.45) is 1.65. The maximum atomic E-state index is 8.87. The van der Waals surface area contributed by atoms with Crippen LogP contribution in [0, 0.1) is 0 Å². The molecule has 0 fully saturated rings. The molecular weight excluding hydrogens is 352 g/mol. The Kier molecular flexibility index (Phi) is 2.76. The molecule has 0 aliphatic rings. The molecule has 0 aliphatic carbocycles. The number of hydrogen-bond acceptors (Lipinski definition) is 1. The maximum Gasteiger partial charge on any atom is 0.133 e. The van der Waals surface area contributed by atoms with E-state index >= 15 is 0 Å². The lowest BCUT2D eigenvalue weighted by Gasteiger charge is -2.17. The average Bonchev–Trinajstić information content (AvgIpc) is 3.33. The summed E-state index contributed by atoms with van der Waals surface area (Å²) in [4.78, 5) is 0. The second-order valence-corrected chi connectivity index (χ2v) is 7.08. The number of fused-ring (bicyclic) bond motifs is 3. The summed E-state index contributed by atoms with van der Waals surface area (Å²) >= 11 is 0. The molecule has 5 aromatic carbocycles. The van der Waals surface area contributed by atoms with E-state index in [1.54, 1.807) is 6.26 Å². The third kappa shape index (κ3) is 2.48. The van der Waals surface area contributed by atoms with Crippen molar-refractivity contribution in [2.45, 2.75) is 0 Å². The molecule has 0 radical (unpaired) electrons. The standard InChI is InChI=1S/C28H18O/c1-2-8-19(9-3-1)27-22-10-4-6-12-24(22)28(25-13-7-5-11-23(25)27)21-14-15-26-20(18-21)16-17-29-26/h1-18H/i4D,6D,10D,12D. The highest BCUT2D eigenvalue weighted by molar-refractivity contribution is 6.21. The Balaban J connectivity index is 1.91. The summed E-state index contributed by atoms with van der Waals surface area (Å²) in [5, 5.41) is 3.90. The molecule has 0 spiro atoms. The van der Waals surface area contributed by atoms with Gasteiger partial charge < -0.3 is 4.42 Å². The molecule has 0 amide bonds. The number of hydrogen-bond donors (Lipinski definition) is 0. The third-order valence-corrected chi connectivity index (χ3v) is 5.46. The second kappa shape index (κ2) is 6.35. The molecular formula is C28H18O. The van der Waals surface area contributed by atoms with Gasteiger partial charge in [-0.2, -0.15) is 0 Å². The van der Waals surface area contributed by atoms with Crippen molar-refractivity contribution in [3.63, 3.8) is 0 Å². The van der Waals surface area contributed by atoms with Gasteiger partial charge in [-0.05, 0) is 62.0 Å². The Labute approximate surface area is 174 Å². The molecule has 1 nitrogen and oxygen atoms in total. The molecule has 0 aliphatic heterocycles. The highest BCUT2D eigenvalue weighted by Gasteiger charge is 2.16. The predicted molar refractivity (Wildman–Crippen MR) is 122 cm³/mol. The van der Waals surface area contributed by atoms with Crippen molar-refractivity contribution in [3.05, 3.63) is 109 Å². The van der Waals surface area contributed by atoms with Crippen molar-refractivity contribution in [1.82, 2.24) is 0 Å². The van der Waals surface area contributed by atoms with Gasteiger partial charge in [0, 0.05) is 5.39 Å². The van der Waals surface area contributed by atoms with Gasteiger partial charge >= 0.3 is 0 Å². The van der Waals surface area contributed by atoms with Crippen LogP contribution >= 0.6 is 0 Å². The van der Waals surface area contributed by atoms with E-state index in [1.165, 1.54) is 0 Å². The van der Waals surface area contributed by atoms with E-state index in [4.69, 9.17) is 9.90 Å². The molecule has 1 heterocycles. The first-order valence-corrected chi connectivity index (χ1v) is 9.54. The molecule has 0 saturated carbocycles. The lowest BCUT2D eigenvalue weighted by molar-refractivity contribution is 0.616. The van der Waals surface area contributed by atoms with Crippen molar-refractivity contribution in [3.8, 4) is 22.3 Å². The van der Waals surface area contributed by atoms with Crippen LogP contribution in [0.4, 0.5) is 0 Å². The Bertz CT molecular complexity index is 1700. The van der Waals surface area contributed by atoms with Crippen molar-refractivity contribution < 1.29 is 9.90 Å². The molecule has 6 rings (SSSR count). The van der Waals surface area contributed by atoms with Gasteiger partial charge in [0.05, 0.1) is 11.7 Å². The molecule has 136 valence electrons. The van der Waals surface area contributed by atoms with Crippen LogP contribution in [-0.4, -0.2) is 0 Å². The fraction of sp³-hybridized carbons (Fsp3) is 0. The van der Waals surface area contributed by atoms with E-state index < -0.39 is 0 Å². The molecule has 0 atom stereocenters. The molecule has 0 N–H and O–H groups in total. The lowest BCUT2D eigenvalue weighted by Crippen LogP contribution is -1.90. The number of furan rings is 1. The zero-order chi connectivity index (χ0) is 22.7. The Morgan fingerprint density at radius 1 is 0.586 bits per heavy atom. The van der Waals surface area contributed by atoms with Crippen LogP contribution in [0.25, 0.3) is 54.8 Å². The fourth-order valence-corrected chi connectivity index (χ4v) is 4.20. The van der Waals surface area contributed by atoms with Gasteiger partial charge in [0.25, 0.3) is 0 Å². The van der Waals surface area contributed by atoms with E-state index in [9.17, 15) is 0 Å². The van der Waals surface area contributed by atoms with Crippen LogP contribution in [-0.2, 0) is 0 Å². The minimum atomic E-state index is -0.229. The molecule has 1 heteroatoms. The summed E-state index contributed by atoms with van der Waals surface area (Å²) in [5.74, 6) is 0. The van der Waals surface area contributed by atoms with Gasteiger partial charge in [0.2, 0.25) is 0 Å². The van der Waals surface area contributed by atoms with Crippen LogP contribution in [0.15, 0.2) is 114 Å². The Hall–Kier alpha value is -3.84. The van der Waals surface area contributed by atoms with Crippen LogP contribution in [0.3, 0.4) is 0 Å². The van der Waals surface area contributed by atoms with Crippen molar-refractivity contribution >= 4 is 32.5 Å². The van der Waals surface area contributed by atoms with E-state index in [-0.39, 0.29) is 24.2 Å². The molecule has 29 heavy (non-hydrogen) atoms. The molecule has 1 aromatic heterocycles. The molecule has 0 saturated heterocycles. The van der Waals surface area contributed by atoms with E-state index in [1.807, 2.05) is 78.9 Å². The predicted octanol–water partition coefficient (Wildman–Crippen LogP) is 8.07. The largest absolute Gasteiger partial charge is 0.464 e. The maximum absolute atomic E-state index is 8.87. The summed E-state index contributed by atoms with van der Waals surface area (Å²) in [7, 11) is 0. The van der Waals surface area contributed by atoms with E-state index in [0.717, 1.165) is 44.0 Å². The monoisotopic (exact) mass is 374 g/mol. The minimum Gasteiger partial charge on any atom is -0.464 e. The topological polar surface area (TPSA) is 13.1 Å². The SMILES string of the molecule is [2H]c1c([2H])c([2H])c2c(-c3ccc4occc4c3)c3ccccc3c(-c3ccccc3)c2c1[2H]. The van der Waals surface area contributed by atoms with Gasteiger partial charge in [0.1, 0.15) is 5.58 Å². The highest BCUT2D eigenvalue weighted by atomic mass is 16.3. The molecule has 0 unspecified atom stereocenters. The Morgan fingerprint density at radius 2 is 1.24 bits per heavy atom. The fourth-order valence-electron chi connectivity index (χ4n) is 4.20. The van der Waals surface area contributed by atoms with Gasteiger partial charge in [-0.15, -0.1) is 0 Å². The average molecular weight is 374 g/mol. The van der Waals surface area contributed by atoms with Crippen molar-refractivity contribution in [2.75, 3.05) is 0 Å². The molecule has 6 aromatic rings.